The van der Waals surface area contributed by atoms with Crippen LogP contribution in [-0.2, 0) is 11.2 Å². The topological polar surface area (TPSA) is 52.7 Å². The fourth-order valence-electron chi connectivity index (χ4n) is 4.16. The van der Waals surface area contributed by atoms with Gasteiger partial charge in [-0.05, 0) is 49.9 Å². The van der Waals surface area contributed by atoms with Gasteiger partial charge in [0.25, 0.3) is 0 Å². The molecule has 3 heterocycles. The summed E-state index contributed by atoms with van der Waals surface area (Å²) in [6.07, 6.45) is 5.15. The van der Waals surface area contributed by atoms with Gasteiger partial charge < -0.3 is 19.9 Å². The molecular formula is C20H28FIN4O. The van der Waals surface area contributed by atoms with Gasteiger partial charge >= 0.3 is 0 Å². The number of aliphatic imine (C=N–C) groups is 1. The minimum absolute atomic E-state index is 0. The fourth-order valence-corrected chi connectivity index (χ4v) is 4.16. The third kappa shape index (κ3) is 4.39. The number of halogens is 2. The zero-order valence-electron chi connectivity index (χ0n) is 15.8. The van der Waals surface area contributed by atoms with E-state index in [9.17, 15) is 4.39 Å². The van der Waals surface area contributed by atoms with Crippen LogP contribution in [0.4, 0.5) is 4.39 Å². The van der Waals surface area contributed by atoms with Crippen molar-refractivity contribution in [2.75, 3.05) is 39.4 Å². The maximum atomic E-state index is 13.3. The first-order valence-corrected chi connectivity index (χ1v) is 9.56. The molecule has 148 valence electrons. The minimum atomic E-state index is -0.211. The molecule has 2 N–H and O–H groups in total. The molecule has 0 bridgehead atoms. The number of aromatic amines is 1. The number of rotatable bonds is 4. The predicted molar refractivity (Wildman–Crippen MR) is 117 cm³/mol. The van der Waals surface area contributed by atoms with Crippen molar-refractivity contribution in [3.8, 4) is 0 Å². The van der Waals surface area contributed by atoms with E-state index in [4.69, 9.17) is 9.73 Å². The normalized spacial score (nSPS) is 22.6. The smallest absolute Gasteiger partial charge is 0.193 e. The molecule has 1 unspecified atom stereocenters. The third-order valence-electron chi connectivity index (χ3n) is 5.63. The molecule has 27 heavy (non-hydrogen) atoms. The predicted octanol–water partition coefficient (Wildman–Crippen LogP) is 3.55. The standard InChI is InChI=1S/C20H27FN4O.HI/c1-2-22-19(25-9-6-20(13-25)7-10-26-14-20)23-8-5-15-12-24-18-11-16(21)3-4-17(15)18;/h3-4,11-12,24H,2,5-10,13-14H2,1H3,(H,22,23);1H. The summed E-state index contributed by atoms with van der Waals surface area (Å²) in [4.78, 5) is 10.4. The third-order valence-corrected chi connectivity index (χ3v) is 5.63. The zero-order chi connectivity index (χ0) is 18.0. The lowest BCUT2D eigenvalue weighted by Crippen LogP contribution is -2.41. The lowest BCUT2D eigenvalue weighted by atomic mass is 9.87. The molecule has 1 atom stereocenters. The second kappa shape index (κ2) is 8.77. The highest BCUT2D eigenvalue weighted by molar-refractivity contribution is 14.0. The van der Waals surface area contributed by atoms with Gasteiger partial charge in [-0.2, -0.15) is 0 Å². The Balaban J connectivity index is 0.00000210. The highest BCUT2D eigenvalue weighted by atomic mass is 127. The molecule has 0 saturated carbocycles. The van der Waals surface area contributed by atoms with Crippen LogP contribution in [0.5, 0.6) is 0 Å². The molecule has 7 heteroatoms. The highest BCUT2D eigenvalue weighted by Gasteiger charge is 2.42. The Hall–Kier alpha value is -1.35. The summed E-state index contributed by atoms with van der Waals surface area (Å²) >= 11 is 0. The van der Waals surface area contributed by atoms with Crippen LogP contribution in [0.25, 0.3) is 10.9 Å². The van der Waals surface area contributed by atoms with Crippen molar-refractivity contribution < 1.29 is 9.13 Å². The number of H-pyrrole nitrogens is 1. The van der Waals surface area contributed by atoms with Crippen LogP contribution in [0.3, 0.4) is 0 Å². The lowest BCUT2D eigenvalue weighted by Gasteiger charge is -2.25. The van der Waals surface area contributed by atoms with E-state index in [0.717, 1.165) is 62.6 Å². The summed E-state index contributed by atoms with van der Waals surface area (Å²) < 4.78 is 19.0. The molecule has 2 aliphatic rings. The number of hydrogen-bond acceptors (Lipinski definition) is 2. The minimum Gasteiger partial charge on any atom is -0.381 e. The van der Waals surface area contributed by atoms with E-state index in [-0.39, 0.29) is 29.8 Å². The molecule has 0 radical (unpaired) electrons. The van der Waals surface area contributed by atoms with E-state index in [1.54, 1.807) is 6.07 Å². The van der Waals surface area contributed by atoms with Crippen molar-refractivity contribution >= 4 is 40.8 Å². The van der Waals surface area contributed by atoms with Crippen molar-refractivity contribution in [1.82, 2.24) is 15.2 Å². The molecule has 2 saturated heterocycles. The second-order valence-corrected chi connectivity index (χ2v) is 7.46. The van der Waals surface area contributed by atoms with Crippen LogP contribution in [0, 0.1) is 11.2 Å². The van der Waals surface area contributed by atoms with Gasteiger partial charge in [0, 0.05) is 55.3 Å². The Labute approximate surface area is 176 Å². The van der Waals surface area contributed by atoms with E-state index in [1.165, 1.54) is 18.1 Å². The quantitative estimate of drug-likeness (QED) is 0.395. The molecule has 1 aromatic carbocycles. The van der Waals surface area contributed by atoms with Crippen molar-refractivity contribution in [3.05, 3.63) is 35.8 Å². The molecule has 2 fully saturated rings. The summed E-state index contributed by atoms with van der Waals surface area (Å²) in [6.45, 7) is 7.54. The molecule has 0 amide bonds. The maximum absolute atomic E-state index is 13.3. The van der Waals surface area contributed by atoms with Gasteiger partial charge in [0.05, 0.1) is 6.61 Å². The lowest BCUT2D eigenvalue weighted by molar-refractivity contribution is 0.156. The van der Waals surface area contributed by atoms with Crippen LogP contribution in [0.15, 0.2) is 29.4 Å². The number of aromatic nitrogens is 1. The Morgan fingerprint density at radius 2 is 2.30 bits per heavy atom. The molecule has 5 nitrogen and oxygen atoms in total. The number of nitrogens with one attached hydrogen (secondary N) is 2. The molecule has 4 rings (SSSR count). The van der Waals surface area contributed by atoms with Crippen LogP contribution in [-0.4, -0.2) is 55.2 Å². The van der Waals surface area contributed by atoms with Crippen molar-refractivity contribution in [2.45, 2.75) is 26.2 Å². The van der Waals surface area contributed by atoms with E-state index in [0.29, 0.717) is 12.0 Å². The molecule has 1 aromatic heterocycles. The first-order valence-electron chi connectivity index (χ1n) is 9.56. The van der Waals surface area contributed by atoms with Gasteiger partial charge in [0.2, 0.25) is 0 Å². The second-order valence-electron chi connectivity index (χ2n) is 7.46. The number of guanidine groups is 1. The van der Waals surface area contributed by atoms with Crippen molar-refractivity contribution in [2.24, 2.45) is 10.4 Å². The summed E-state index contributed by atoms with van der Waals surface area (Å²) in [5.41, 5.74) is 2.36. The maximum Gasteiger partial charge on any atom is 0.193 e. The highest BCUT2D eigenvalue weighted by Crippen LogP contribution is 2.38. The van der Waals surface area contributed by atoms with Crippen molar-refractivity contribution in [3.63, 3.8) is 0 Å². The average Bonchev–Trinajstić information content (AvgIpc) is 3.36. The number of ether oxygens (including phenoxy) is 1. The van der Waals surface area contributed by atoms with Gasteiger partial charge in [-0.1, -0.05) is 0 Å². The monoisotopic (exact) mass is 486 g/mol. The van der Waals surface area contributed by atoms with Gasteiger partial charge in [-0.3, -0.25) is 4.99 Å². The Morgan fingerprint density at radius 1 is 1.41 bits per heavy atom. The van der Waals surface area contributed by atoms with Crippen molar-refractivity contribution in [1.29, 1.82) is 0 Å². The van der Waals surface area contributed by atoms with Gasteiger partial charge in [0.15, 0.2) is 5.96 Å². The molecule has 1 spiro atoms. The van der Waals surface area contributed by atoms with E-state index in [2.05, 4.69) is 22.1 Å². The van der Waals surface area contributed by atoms with Gasteiger partial charge in [0.1, 0.15) is 5.82 Å². The summed E-state index contributed by atoms with van der Waals surface area (Å²) in [6, 6.07) is 4.90. The molecular weight excluding hydrogens is 458 g/mol. The number of likely N-dealkylation sites (tertiary alicyclic amines) is 1. The SMILES string of the molecule is CCNC(=NCCc1c[nH]c2cc(F)ccc12)N1CCC2(CCOC2)C1.I. The average molecular weight is 486 g/mol. The Morgan fingerprint density at radius 3 is 3.07 bits per heavy atom. The van der Waals surface area contributed by atoms with Gasteiger partial charge in [-0.25, -0.2) is 4.39 Å². The van der Waals surface area contributed by atoms with E-state index < -0.39 is 0 Å². The Kier molecular flexibility index (Phi) is 6.62. The number of fused-ring (bicyclic) bond motifs is 1. The first kappa shape index (κ1) is 20.4. The van der Waals surface area contributed by atoms with Crippen LogP contribution in [0.1, 0.15) is 25.3 Å². The van der Waals surface area contributed by atoms with E-state index in [1.807, 2.05) is 12.3 Å². The zero-order valence-corrected chi connectivity index (χ0v) is 18.1. The van der Waals surface area contributed by atoms with Crippen LogP contribution < -0.4 is 5.32 Å². The number of benzene rings is 1. The molecule has 0 aliphatic carbocycles. The summed E-state index contributed by atoms with van der Waals surface area (Å²) in [5.74, 6) is 0.791. The largest absolute Gasteiger partial charge is 0.381 e. The fraction of sp³-hybridized carbons (Fsp3) is 0.550. The van der Waals surface area contributed by atoms with E-state index >= 15 is 0 Å². The van der Waals surface area contributed by atoms with Crippen LogP contribution in [0.2, 0.25) is 0 Å². The van der Waals surface area contributed by atoms with Crippen LogP contribution >= 0.6 is 24.0 Å². The molecule has 2 aliphatic heterocycles. The summed E-state index contributed by atoms with van der Waals surface area (Å²) in [5, 5.41) is 4.51. The first-order chi connectivity index (χ1) is 12.7. The Bertz CT molecular complexity index is 800. The summed E-state index contributed by atoms with van der Waals surface area (Å²) in [7, 11) is 0. The number of nitrogens with zero attached hydrogens (tertiary/aromatic N) is 2. The van der Waals surface area contributed by atoms with Gasteiger partial charge in [-0.15, -0.1) is 24.0 Å². The number of hydrogen-bond donors (Lipinski definition) is 2. The molecule has 2 aromatic rings.